The first-order chi connectivity index (χ1) is 18.7. The van der Waals surface area contributed by atoms with E-state index in [0.717, 1.165) is 11.1 Å². The van der Waals surface area contributed by atoms with Crippen molar-refractivity contribution in [2.45, 2.75) is 57.5 Å². The number of ether oxygens (including phenoxy) is 1. The Hall–Kier alpha value is -3.71. The van der Waals surface area contributed by atoms with Crippen LogP contribution in [0.25, 0.3) is 0 Å². The van der Waals surface area contributed by atoms with Gasteiger partial charge in [-0.25, -0.2) is 0 Å². The van der Waals surface area contributed by atoms with Crippen LogP contribution in [-0.4, -0.2) is 47.7 Å². The van der Waals surface area contributed by atoms with Crippen molar-refractivity contribution in [3.8, 4) is 0 Å². The second-order valence-electron chi connectivity index (χ2n) is 10.5. The second kappa shape index (κ2) is 16.3. The molecule has 0 aliphatic rings. The number of hydrogen-bond donors (Lipinski definition) is 3. The zero-order valence-corrected chi connectivity index (χ0v) is 23.1. The predicted octanol–water partition coefficient (Wildman–Crippen LogP) is 4.16. The fourth-order valence-corrected chi connectivity index (χ4v) is 4.26. The number of nitrogens with one attached hydrogen (secondary N) is 2. The molecule has 0 radical (unpaired) electrons. The maximum absolute atomic E-state index is 13.1. The smallest absolute Gasteiger partial charge is 0.309 e. The molecule has 0 spiro atoms. The van der Waals surface area contributed by atoms with Gasteiger partial charge in [-0.1, -0.05) is 72.8 Å². The molecule has 2 amide bonds. The molecule has 39 heavy (non-hydrogen) atoms. The molecule has 0 aliphatic heterocycles. The first kappa shape index (κ1) is 31.5. The van der Waals surface area contributed by atoms with Gasteiger partial charge in [0.1, 0.15) is 6.61 Å². The van der Waals surface area contributed by atoms with Gasteiger partial charge in [0.15, 0.2) is 0 Å². The number of esters is 1. The lowest BCUT2D eigenvalue weighted by molar-refractivity contribution is -0.151. The van der Waals surface area contributed by atoms with Crippen LogP contribution in [-0.2, 0) is 32.0 Å². The van der Waals surface area contributed by atoms with E-state index in [4.69, 9.17) is 4.74 Å². The zero-order valence-electron chi connectivity index (χ0n) is 23.1. The summed E-state index contributed by atoms with van der Waals surface area (Å²) in [4.78, 5) is 38.7. The van der Waals surface area contributed by atoms with E-state index in [9.17, 15) is 19.5 Å². The fraction of sp³-hybridized carbons (Fsp3) is 0.406. The van der Waals surface area contributed by atoms with Gasteiger partial charge in [-0.05, 0) is 50.7 Å². The monoisotopic (exact) mass is 534 g/mol. The molecule has 2 aromatic carbocycles. The van der Waals surface area contributed by atoms with Gasteiger partial charge >= 0.3 is 5.97 Å². The highest BCUT2D eigenvalue weighted by molar-refractivity contribution is 5.86. The molecule has 0 aromatic heterocycles. The summed E-state index contributed by atoms with van der Waals surface area (Å²) in [6, 6.07) is 18.8. The molecule has 3 N–H and O–H groups in total. The SMILES string of the molecule is C=CC[C@H](CC(=O)N[C@H](CO)Cc1ccccc1)C(=O)NC(C)(C)COC(=O)[C@@H](CC=C)Cc1ccccc1. The maximum Gasteiger partial charge on any atom is 0.309 e. The minimum absolute atomic E-state index is 0.0172. The largest absolute Gasteiger partial charge is 0.463 e. The van der Waals surface area contributed by atoms with E-state index < -0.39 is 17.5 Å². The average Bonchev–Trinajstić information content (AvgIpc) is 2.91. The maximum atomic E-state index is 13.1. The lowest BCUT2D eigenvalue weighted by Gasteiger charge is -2.29. The lowest BCUT2D eigenvalue weighted by atomic mass is 9.96. The molecule has 2 aromatic rings. The molecular weight excluding hydrogens is 492 g/mol. The van der Waals surface area contributed by atoms with E-state index in [1.54, 1.807) is 26.0 Å². The van der Waals surface area contributed by atoms with Crippen molar-refractivity contribution in [2.75, 3.05) is 13.2 Å². The van der Waals surface area contributed by atoms with Gasteiger partial charge < -0.3 is 20.5 Å². The molecule has 3 atom stereocenters. The Morgan fingerprint density at radius 1 is 0.897 bits per heavy atom. The predicted molar refractivity (Wildman–Crippen MR) is 154 cm³/mol. The summed E-state index contributed by atoms with van der Waals surface area (Å²) in [7, 11) is 0. The molecule has 210 valence electrons. The summed E-state index contributed by atoms with van der Waals surface area (Å²) >= 11 is 0. The van der Waals surface area contributed by atoms with Crippen LogP contribution in [0.4, 0.5) is 0 Å². The molecule has 0 unspecified atom stereocenters. The van der Waals surface area contributed by atoms with Crippen LogP contribution in [0.15, 0.2) is 86.0 Å². The summed E-state index contributed by atoms with van der Waals surface area (Å²) in [6.45, 7) is 10.8. The summed E-state index contributed by atoms with van der Waals surface area (Å²) in [5.41, 5.74) is 1.17. The van der Waals surface area contributed by atoms with E-state index in [0.29, 0.717) is 25.7 Å². The van der Waals surface area contributed by atoms with Crippen molar-refractivity contribution in [1.82, 2.24) is 10.6 Å². The molecule has 2 rings (SSSR count). The highest BCUT2D eigenvalue weighted by Gasteiger charge is 2.30. The normalized spacial score (nSPS) is 13.4. The third-order valence-electron chi connectivity index (χ3n) is 6.31. The van der Waals surface area contributed by atoms with Crippen molar-refractivity contribution >= 4 is 17.8 Å². The number of benzene rings is 2. The number of allylic oxidation sites excluding steroid dienone is 2. The van der Waals surface area contributed by atoms with Gasteiger partial charge in [0, 0.05) is 6.42 Å². The van der Waals surface area contributed by atoms with Crippen LogP contribution in [0.1, 0.15) is 44.2 Å². The van der Waals surface area contributed by atoms with Crippen LogP contribution >= 0.6 is 0 Å². The van der Waals surface area contributed by atoms with Crippen molar-refractivity contribution in [2.24, 2.45) is 11.8 Å². The van der Waals surface area contributed by atoms with Crippen molar-refractivity contribution in [3.05, 3.63) is 97.1 Å². The number of carbonyl (C=O) groups excluding carboxylic acids is 3. The van der Waals surface area contributed by atoms with Gasteiger partial charge in [0.05, 0.1) is 30.0 Å². The highest BCUT2D eigenvalue weighted by atomic mass is 16.5. The van der Waals surface area contributed by atoms with Gasteiger partial charge in [-0.3, -0.25) is 14.4 Å². The fourth-order valence-electron chi connectivity index (χ4n) is 4.26. The second-order valence-corrected chi connectivity index (χ2v) is 10.5. The Bertz CT molecular complexity index is 1070. The molecule has 0 heterocycles. The van der Waals surface area contributed by atoms with Crippen molar-refractivity contribution < 1.29 is 24.2 Å². The van der Waals surface area contributed by atoms with E-state index in [1.165, 1.54) is 0 Å². The zero-order chi connectivity index (χ0) is 28.7. The number of amides is 2. The van der Waals surface area contributed by atoms with Crippen LogP contribution < -0.4 is 10.6 Å². The van der Waals surface area contributed by atoms with Gasteiger partial charge in [-0.15, -0.1) is 13.2 Å². The average molecular weight is 535 g/mol. The minimum atomic E-state index is -0.852. The standard InChI is InChI=1S/C32H42N2O5/c1-5-13-26(21-29(36)33-28(22-35)20-25-17-11-8-12-18-25)30(37)34-32(3,4)23-39-31(38)27(14-6-2)19-24-15-9-7-10-16-24/h5-12,15-18,26-28,35H,1-2,13-14,19-23H2,3-4H3,(H,33,36)(H,34,37)/t26-,27+,28+/m1/s1. The van der Waals surface area contributed by atoms with Crippen LogP contribution in [0.5, 0.6) is 0 Å². The summed E-state index contributed by atoms with van der Waals surface area (Å²) in [5, 5.41) is 15.5. The van der Waals surface area contributed by atoms with E-state index in [-0.39, 0.29) is 43.3 Å². The molecule has 7 nitrogen and oxygen atoms in total. The topological polar surface area (TPSA) is 105 Å². The third-order valence-corrected chi connectivity index (χ3v) is 6.31. The quantitative estimate of drug-likeness (QED) is 0.209. The molecule has 7 heteroatoms. The number of rotatable bonds is 17. The Kier molecular flexibility index (Phi) is 13.2. The molecule has 0 bridgehead atoms. The third kappa shape index (κ3) is 11.7. The molecule has 0 saturated heterocycles. The number of aliphatic hydroxyl groups excluding tert-OH is 1. The lowest BCUT2D eigenvalue weighted by Crippen LogP contribution is -2.50. The number of hydrogen-bond acceptors (Lipinski definition) is 5. The van der Waals surface area contributed by atoms with Gasteiger partial charge in [-0.2, -0.15) is 0 Å². The molecule has 0 saturated carbocycles. The van der Waals surface area contributed by atoms with Crippen LogP contribution in [0.2, 0.25) is 0 Å². The Morgan fingerprint density at radius 3 is 1.97 bits per heavy atom. The van der Waals surface area contributed by atoms with Crippen molar-refractivity contribution in [1.29, 1.82) is 0 Å². The minimum Gasteiger partial charge on any atom is -0.463 e. The molecular formula is C32H42N2O5. The van der Waals surface area contributed by atoms with E-state index >= 15 is 0 Å². The number of aliphatic hydroxyl groups is 1. The van der Waals surface area contributed by atoms with Gasteiger partial charge in [0.25, 0.3) is 0 Å². The highest BCUT2D eigenvalue weighted by Crippen LogP contribution is 2.17. The van der Waals surface area contributed by atoms with Gasteiger partial charge in [0.2, 0.25) is 11.8 Å². The number of carbonyl (C=O) groups is 3. The summed E-state index contributed by atoms with van der Waals surface area (Å²) in [5.74, 6) is -2.04. The Labute approximate surface area is 232 Å². The first-order valence-corrected chi connectivity index (χ1v) is 13.4. The van der Waals surface area contributed by atoms with Crippen LogP contribution in [0.3, 0.4) is 0 Å². The summed E-state index contributed by atoms with van der Waals surface area (Å²) < 4.78 is 5.61. The first-order valence-electron chi connectivity index (χ1n) is 13.4. The van der Waals surface area contributed by atoms with Crippen LogP contribution in [0, 0.1) is 11.8 Å². The molecule has 0 fully saturated rings. The summed E-state index contributed by atoms with van der Waals surface area (Å²) in [6.07, 6.45) is 5.05. The Morgan fingerprint density at radius 2 is 1.44 bits per heavy atom. The Balaban J connectivity index is 1.92. The van der Waals surface area contributed by atoms with Crippen molar-refractivity contribution in [3.63, 3.8) is 0 Å². The van der Waals surface area contributed by atoms with E-state index in [1.807, 2.05) is 60.7 Å². The van der Waals surface area contributed by atoms with E-state index in [2.05, 4.69) is 23.8 Å². The molecule has 0 aliphatic carbocycles.